The van der Waals surface area contributed by atoms with Gasteiger partial charge in [0.1, 0.15) is 6.42 Å². The Labute approximate surface area is 69.9 Å². The van der Waals surface area contributed by atoms with Crippen LogP contribution in [0.4, 0.5) is 0 Å². The molecular formula is C7H11NO4. The standard InChI is InChI=1S/C7H11NO4/c9-6(5-7(10)11)8-1-3-12-4-2-8/h1-5H2,(H,10,11). The van der Waals surface area contributed by atoms with E-state index in [1.54, 1.807) is 0 Å². The molecule has 0 bridgehead atoms. The zero-order chi connectivity index (χ0) is 8.97. The number of hydrogen-bond acceptors (Lipinski definition) is 3. The van der Waals surface area contributed by atoms with E-state index < -0.39 is 12.4 Å². The lowest BCUT2D eigenvalue weighted by Crippen LogP contribution is -2.41. The van der Waals surface area contributed by atoms with Crippen molar-refractivity contribution < 1.29 is 19.4 Å². The molecule has 0 spiro atoms. The van der Waals surface area contributed by atoms with Gasteiger partial charge in [0.2, 0.25) is 5.91 Å². The normalized spacial score (nSPS) is 17.5. The largest absolute Gasteiger partial charge is 0.481 e. The second-order valence-corrected chi connectivity index (χ2v) is 2.56. The predicted molar refractivity (Wildman–Crippen MR) is 39.7 cm³/mol. The van der Waals surface area contributed by atoms with E-state index in [9.17, 15) is 9.59 Å². The lowest BCUT2D eigenvalue weighted by molar-refractivity contribution is -0.146. The first kappa shape index (κ1) is 8.99. The third kappa shape index (κ3) is 2.50. The number of morpholine rings is 1. The van der Waals surface area contributed by atoms with Gasteiger partial charge in [-0.2, -0.15) is 0 Å². The molecule has 5 heteroatoms. The Morgan fingerprint density at radius 1 is 1.33 bits per heavy atom. The van der Waals surface area contributed by atoms with Crippen LogP contribution >= 0.6 is 0 Å². The maximum atomic E-state index is 11.1. The molecule has 1 aliphatic rings. The van der Waals surface area contributed by atoms with Crippen LogP contribution in [0.5, 0.6) is 0 Å². The topological polar surface area (TPSA) is 66.8 Å². The molecule has 0 saturated carbocycles. The molecule has 0 atom stereocenters. The summed E-state index contributed by atoms with van der Waals surface area (Å²) in [6.07, 6.45) is -0.417. The van der Waals surface area contributed by atoms with Crippen molar-refractivity contribution in [2.24, 2.45) is 0 Å². The number of carbonyl (C=O) groups excluding carboxylic acids is 1. The van der Waals surface area contributed by atoms with Crippen LogP contribution in [0.1, 0.15) is 6.42 Å². The fraction of sp³-hybridized carbons (Fsp3) is 0.714. The van der Waals surface area contributed by atoms with Gasteiger partial charge in [0.15, 0.2) is 0 Å². The van der Waals surface area contributed by atoms with Crippen molar-refractivity contribution in [1.29, 1.82) is 0 Å². The number of carboxylic acid groups (broad SMARTS) is 1. The molecule has 1 heterocycles. The summed E-state index contributed by atoms with van der Waals surface area (Å²) in [5, 5.41) is 8.34. The van der Waals surface area contributed by atoms with E-state index in [-0.39, 0.29) is 5.91 Å². The number of rotatable bonds is 2. The van der Waals surface area contributed by atoms with Gasteiger partial charge in [-0.1, -0.05) is 0 Å². The van der Waals surface area contributed by atoms with Crippen LogP contribution in [-0.2, 0) is 14.3 Å². The van der Waals surface area contributed by atoms with Gasteiger partial charge in [-0.3, -0.25) is 9.59 Å². The number of nitrogens with zero attached hydrogens (tertiary/aromatic N) is 1. The number of ether oxygens (including phenoxy) is 1. The third-order valence-electron chi connectivity index (χ3n) is 1.67. The maximum absolute atomic E-state index is 11.1. The maximum Gasteiger partial charge on any atom is 0.312 e. The highest BCUT2D eigenvalue weighted by atomic mass is 16.5. The van der Waals surface area contributed by atoms with E-state index in [1.807, 2.05) is 0 Å². The van der Waals surface area contributed by atoms with Gasteiger partial charge in [0.25, 0.3) is 0 Å². The summed E-state index contributed by atoms with van der Waals surface area (Å²) >= 11 is 0. The van der Waals surface area contributed by atoms with E-state index >= 15 is 0 Å². The van der Waals surface area contributed by atoms with Crippen molar-refractivity contribution in [3.8, 4) is 0 Å². The van der Waals surface area contributed by atoms with Crippen molar-refractivity contribution in [1.82, 2.24) is 4.90 Å². The molecule has 1 amide bonds. The van der Waals surface area contributed by atoms with E-state index in [0.29, 0.717) is 26.3 Å². The van der Waals surface area contributed by atoms with Crippen LogP contribution in [0.2, 0.25) is 0 Å². The number of carboxylic acids is 1. The summed E-state index contributed by atoms with van der Waals surface area (Å²) in [5.41, 5.74) is 0. The van der Waals surface area contributed by atoms with Gasteiger partial charge < -0.3 is 14.7 Å². The van der Waals surface area contributed by atoms with Gasteiger partial charge in [-0.25, -0.2) is 0 Å². The molecule has 0 unspecified atom stereocenters. The average Bonchev–Trinajstić information content (AvgIpc) is 2.05. The monoisotopic (exact) mass is 173 g/mol. The minimum absolute atomic E-state index is 0.328. The Bertz CT molecular complexity index is 186. The molecule has 1 rings (SSSR count). The second-order valence-electron chi connectivity index (χ2n) is 2.56. The average molecular weight is 173 g/mol. The molecule has 0 aromatic heterocycles. The third-order valence-corrected chi connectivity index (χ3v) is 1.67. The molecule has 1 N–H and O–H groups in total. The quantitative estimate of drug-likeness (QED) is 0.562. The second kappa shape index (κ2) is 4.06. The molecule has 0 aliphatic carbocycles. The summed E-state index contributed by atoms with van der Waals surface area (Å²) in [6, 6.07) is 0. The summed E-state index contributed by atoms with van der Waals surface area (Å²) in [4.78, 5) is 22.8. The van der Waals surface area contributed by atoms with Crippen molar-refractivity contribution in [3.63, 3.8) is 0 Å². The zero-order valence-corrected chi connectivity index (χ0v) is 6.65. The minimum Gasteiger partial charge on any atom is -0.481 e. The fourth-order valence-electron chi connectivity index (χ4n) is 1.05. The lowest BCUT2D eigenvalue weighted by atomic mass is 10.3. The summed E-state index contributed by atoms with van der Waals surface area (Å²) < 4.78 is 5.01. The van der Waals surface area contributed by atoms with E-state index in [1.165, 1.54) is 4.90 Å². The first-order chi connectivity index (χ1) is 5.70. The zero-order valence-electron chi connectivity index (χ0n) is 6.65. The van der Waals surface area contributed by atoms with Gasteiger partial charge >= 0.3 is 5.97 Å². The Morgan fingerprint density at radius 2 is 1.92 bits per heavy atom. The molecule has 5 nitrogen and oxygen atoms in total. The van der Waals surface area contributed by atoms with Crippen molar-refractivity contribution in [3.05, 3.63) is 0 Å². The Balaban J connectivity index is 2.34. The van der Waals surface area contributed by atoms with Crippen LogP contribution in [-0.4, -0.2) is 48.2 Å². The van der Waals surface area contributed by atoms with E-state index in [2.05, 4.69) is 0 Å². The number of carbonyl (C=O) groups is 2. The Morgan fingerprint density at radius 3 is 2.42 bits per heavy atom. The number of aliphatic carboxylic acids is 1. The first-order valence-corrected chi connectivity index (χ1v) is 3.77. The van der Waals surface area contributed by atoms with Crippen LogP contribution in [0, 0.1) is 0 Å². The van der Waals surface area contributed by atoms with Gasteiger partial charge in [-0.15, -0.1) is 0 Å². The lowest BCUT2D eigenvalue weighted by Gasteiger charge is -2.26. The van der Waals surface area contributed by atoms with Crippen molar-refractivity contribution in [2.75, 3.05) is 26.3 Å². The number of hydrogen-bond donors (Lipinski definition) is 1. The van der Waals surface area contributed by atoms with E-state index in [0.717, 1.165) is 0 Å². The number of amides is 1. The molecule has 1 saturated heterocycles. The molecule has 1 fully saturated rings. The smallest absolute Gasteiger partial charge is 0.312 e. The molecule has 68 valence electrons. The van der Waals surface area contributed by atoms with Gasteiger partial charge in [0, 0.05) is 13.1 Å². The molecule has 0 aromatic carbocycles. The van der Waals surface area contributed by atoms with Crippen LogP contribution in [0.3, 0.4) is 0 Å². The van der Waals surface area contributed by atoms with Gasteiger partial charge in [0.05, 0.1) is 13.2 Å². The molecule has 0 aromatic rings. The van der Waals surface area contributed by atoms with Gasteiger partial charge in [-0.05, 0) is 0 Å². The Kier molecular flexibility index (Phi) is 3.04. The van der Waals surface area contributed by atoms with Crippen molar-refractivity contribution >= 4 is 11.9 Å². The summed E-state index contributed by atoms with van der Waals surface area (Å²) in [6.45, 7) is 2.02. The highest BCUT2D eigenvalue weighted by Crippen LogP contribution is 1.99. The summed E-state index contributed by atoms with van der Waals surface area (Å²) in [5.74, 6) is -1.41. The Hall–Kier alpha value is -1.10. The predicted octanol–water partition coefficient (Wildman–Crippen LogP) is -0.680. The molecule has 0 radical (unpaired) electrons. The highest BCUT2D eigenvalue weighted by Gasteiger charge is 2.18. The van der Waals surface area contributed by atoms with Crippen LogP contribution in [0.25, 0.3) is 0 Å². The minimum atomic E-state index is -1.08. The SMILES string of the molecule is O=C(O)CC(=O)N1CCOCC1. The highest BCUT2D eigenvalue weighted by molar-refractivity contribution is 5.93. The first-order valence-electron chi connectivity index (χ1n) is 3.77. The molecule has 12 heavy (non-hydrogen) atoms. The summed E-state index contributed by atoms with van der Waals surface area (Å²) in [7, 11) is 0. The fourth-order valence-corrected chi connectivity index (χ4v) is 1.05. The van der Waals surface area contributed by atoms with Crippen LogP contribution in [0.15, 0.2) is 0 Å². The molecule has 1 aliphatic heterocycles. The van der Waals surface area contributed by atoms with E-state index in [4.69, 9.17) is 9.84 Å². The molecular weight excluding hydrogens is 162 g/mol. The van der Waals surface area contributed by atoms with Crippen molar-refractivity contribution in [2.45, 2.75) is 6.42 Å². The van der Waals surface area contributed by atoms with Crippen LogP contribution < -0.4 is 0 Å².